The van der Waals surface area contributed by atoms with Crippen molar-refractivity contribution in [3.63, 3.8) is 0 Å². The fraction of sp³-hybridized carbons (Fsp3) is 0.0189. The lowest BCUT2D eigenvalue weighted by molar-refractivity contribution is 0.669. The minimum Gasteiger partial charge on any atom is -0.455 e. The highest BCUT2D eigenvalue weighted by Gasteiger charge is 2.48. The van der Waals surface area contributed by atoms with Crippen LogP contribution in [-0.4, -0.2) is 39.2 Å². The topological polar surface area (TPSA) is 13.1 Å². The zero-order valence-corrected chi connectivity index (χ0v) is 31.9. The van der Waals surface area contributed by atoms with Gasteiger partial charge in [0.05, 0.1) is 5.41 Å². The molecule has 6 heteroatoms. The van der Waals surface area contributed by atoms with E-state index in [2.05, 4.69) is 164 Å². The summed E-state index contributed by atoms with van der Waals surface area (Å²) in [6.45, 7) is 0. The molecule has 59 heavy (non-hydrogen) atoms. The molecule has 0 atom stereocenters. The van der Waals surface area contributed by atoms with E-state index in [1.54, 1.807) is 0 Å². The molecule has 10 aromatic carbocycles. The highest BCUT2D eigenvalue weighted by atomic mass is 16.3. The summed E-state index contributed by atoms with van der Waals surface area (Å²) in [5.74, 6) is 0. The third kappa shape index (κ3) is 4.58. The van der Waals surface area contributed by atoms with E-state index in [0.29, 0.717) is 16.5 Å². The van der Waals surface area contributed by atoms with Crippen LogP contribution in [0, 0.1) is 0 Å². The molecule has 1 aliphatic rings. The molecule has 0 fully saturated rings. The Morgan fingerprint density at radius 1 is 0.373 bits per heavy atom. The molecule has 0 saturated heterocycles. The van der Waals surface area contributed by atoms with Gasteiger partial charge in [0.1, 0.15) is 50.4 Å². The Labute approximate surface area is 348 Å². The molecule has 0 aliphatic heterocycles. The highest BCUT2D eigenvalue weighted by molar-refractivity contribution is 6.68. The molecule has 1 heterocycles. The Kier molecular flexibility index (Phi) is 7.25. The van der Waals surface area contributed by atoms with Gasteiger partial charge in [0, 0.05) is 16.3 Å². The van der Waals surface area contributed by atoms with Crippen molar-refractivity contribution in [2.75, 3.05) is 0 Å². The largest absolute Gasteiger partial charge is 0.455 e. The van der Waals surface area contributed by atoms with Gasteiger partial charge in [0.25, 0.3) is 0 Å². The number of hydrogen-bond donors (Lipinski definition) is 0. The monoisotopic (exact) mass is 734 g/mol. The second kappa shape index (κ2) is 12.4. The maximum Gasteiger partial charge on any atom is 0.144 e. The maximum absolute atomic E-state index is 7.02. The standard InChI is InChI=1S/C53H27B5O/c54-47-44(48(55)50(57)51(58)49(47)56)33-25-30-21-19-28-23-32(24-29-20-22-31(26-33)43(30)42(28)29)38-27-40-46(52-45(38)37-16-8-10-18-41(37)59-52)36-15-7-9-17-39(36)53(40,34-11-3-1-4-12-34)35-13-5-2-6-14-35/h1-27H. The van der Waals surface area contributed by atoms with Crippen LogP contribution in [0.2, 0.25) is 0 Å². The quantitative estimate of drug-likeness (QED) is 0.132. The van der Waals surface area contributed by atoms with Crippen LogP contribution in [0.5, 0.6) is 0 Å². The van der Waals surface area contributed by atoms with Crippen LogP contribution in [0.4, 0.5) is 0 Å². The first-order chi connectivity index (χ1) is 28.8. The van der Waals surface area contributed by atoms with Gasteiger partial charge in [-0.05, 0) is 119 Å². The molecule has 0 saturated carbocycles. The van der Waals surface area contributed by atoms with E-state index >= 15 is 0 Å². The van der Waals surface area contributed by atoms with E-state index in [4.69, 9.17) is 43.6 Å². The molecular formula is C53H27B5O. The minimum absolute atomic E-state index is 0.205. The van der Waals surface area contributed by atoms with Crippen LogP contribution in [-0.2, 0) is 5.41 Å². The Hall–Kier alpha value is -6.64. The summed E-state index contributed by atoms with van der Waals surface area (Å²) in [5, 5.41) is 8.97. The smallest absolute Gasteiger partial charge is 0.144 e. The van der Waals surface area contributed by atoms with E-state index in [0.717, 1.165) is 65.7 Å². The zero-order chi connectivity index (χ0) is 39.7. The molecule has 260 valence electrons. The number of hydrogen-bond acceptors (Lipinski definition) is 1. The molecule has 0 bridgehead atoms. The van der Waals surface area contributed by atoms with Gasteiger partial charge < -0.3 is 4.42 Å². The fourth-order valence-electron chi connectivity index (χ4n) is 10.3. The summed E-state index contributed by atoms with van der Waals surface area (Å²) >= 11 is 0. The lowest BCUT2D eigenvalue weighted by Crippen LogP contribution is -2.55. The number of benzene rings is 10. The normalized spacial score (nSPS) is 13.2. The van der Waals surface area contributed by atoms with E-state index in [9.17, 15) is 0 Å². The van der Waals surface area contributed by atoms with Crippen molar-refractivity contribution in [1.82, 2.24) is 0 Å². The maximum atomic E-state index is 7.02. The molecule has 1 aliphatic carbocycles. The summed E-state index contributed by atoms with van der Waals surface area (Å²) in [6, 6.07) is 59.2. The molecule has 0 spiro atoms. The molecule has 1 nitrogen and oxygen atoms in total. The van der Waals surface area contributed by atoms with Crippen LogP contribution >= 0.6 is 0 Å². The Bertz CT molecular complexity index is 3420. The van der Waals surface area contributed by atoms with Gasteiger partial charge in [-0.1, -0.05) is 138 Å². The third-order valence-electron chi connectivity index (χ3n) is 12.9. The first-order valence-corrected chi connectivity index (χ1v) is 19.8. The van der Waals surface area contributed by atoms with E-state index in [1.165, 1.54) is 38.6 Å². The number of fused-ring (bicyclic) bond motifs is 7. The van der Waals surface area contributed by atoms with Crippen LogP contribution in [0.3, 0.4) is 0 Å². The molecule has 11 aromatic rings. The Morgan fingerprint density at radius 3 is 1.46 bits per heavy atom. The van der Waals surface area contributed by atoms with Gasteiger partial charge in [0.2, 0.25) is 0 Å². The van der Waals surface area contributed by atoms with Crippen LogP contribution < -0.4 is 27.3 Å². The second-order valence-corrected chi connectivity index (χ2v) is 15.8. The highest BCUT2D eigenvalue weighted by Crippen LogP contribution is 2.60. The van der Waals surface area contributed by atoms with Gasteiger partial charge in [-0.2, -0.15) is 0 Å². The van der Waals surface area contributed by atoms with E-state index in [1.807, 2.05) is 0 Å². The molecule has 12 rings (SSSR count). The SMILES string of the molecule is [B]c1c([B])c([B])c(-c2cc3ccc4cc(-c5cc6c(c7oc8ccccc8c57)-c5ccccc5C6(c5ccccc5)c5ccccc5)cc5ccc(c2)c3c45)c([B])c1[B]. The van der Waals surface area contributed by atoms with Crippen molar-refractivity contribution in [3.8, 4) is 33.4 Å². The minimum atomic E-state index is -0.587. The van der Waals surface area contributed by atoms with Crippen LogP contribution in [0.1, 0.15) is 22.3 Å². The Balaban J connectivity index is 1.16. The molecule has 1 aromatic heterocycles. The first-order valence-electron chi connectivity index (χ1n) is 19.8. The summed E-state index contributed by atoms with van der Waals surface area (Å²) in [7, 11) is 31.8. The van der Waals surface area contributed by atoms with Gasteiger partial charge in [-0.25, -0.2) is 0 Å². The van der Waals surface area contributed by atoms with Gasteiger partial charge >= 0.3 is 0 Å². The van der Waals surface area contributed by atoms with Crippen molar-refractivity contribution in [1.29, 1.82) is 0 Å². The zero-order valence-electron chi connectivity index (χ0n) is 31.9. The Morgan fingerprint density at radius 2 is 0.864 bits per heavy atom. The summed E-state index contributed by atoms with van der Waals surface area (Å²) in [4.78, 5) is 0. The number of rotatable bonds is 4. The molecule has 10 radical (unpaired) electrons. The van der Waals surface area contributed by atoms with Crippen LogP contribution in [0.15, 0.2) is 168 Å². The van der Waals surface area contributed by atoms with Crippen molar-refractivity contribution in [3.05, 3.63) is 186 Å². The van der Waals surface area contributed by atoms with Gasteiger partial charge in [-0.3, -0.25) is 0 Å². The molecule has 0 N–H and O–H groups in total. The third-order valence-corrected chi connectivity index (χ3v) is 12.9. The molecule has 0 amide bonds. The number of para-hydroxylation sites is 1. The fourth-order valence-corrected chi connectivity index (χ4v) is 10.3. The molecule has 0 unspecified atom stereocenters. The van der Waals surface area contributed by atoms with E-state index in [-0.39, 0.29) is 16.4 Å². The lowest BCUT2D eigenvalue weighted by atomic mass is 9.59. The molecular weight excluding hydrogens is 707 g/mol. The number of furan rings is 1. The van der Waals surface area contributed by atoms with E-state index < -0.39 is 5.41 Å². The summed E-state index contributed by atoms with van der Waals surface area (Å²) < 4.78 is 7.02. The summed E-state index contributed by atoms with van der Waals surface area (Å²) in [5.41, 5.74) is 13.4. The van der Waals surface area contributed by atoms with Crippen molar-refractivity contribution in [2.45, 2.75) is 5.41 Å². The van der Waals surface area contributed by atoms with Gasteiger partial charge in [0.15, 0.2) is 0 Å². The van der Waals surface area contributed by atoms with Crippen molar-refractivity contribution in [2.24, 2.45) is 0 Å². The average molecular weight is 734 g/mol. The van der Waals surface area contributed by atoms with Crippen molar-refractivity contribution < 1.29 is 4.42 Å². The average Bonchev–Trinajstić information content (AvgIpc) is 3.81. The van der Waals surface area contributed by atoms with Crippen LogP contribution in [0.25, 0.3) is 87.6 Å². The predicted octanol–water partition coefficient (Wildman–Crippen LogP) is 8.15. The second-order valence-electron chi connectivity index (χ2n) is 15.8. The first kappa shape index (κ1) is 34.4. The van der Waals surface area contributed by atoms with Crippen molar-refractivity contribution >= 4 is 121 Å². The summed E-state index contributed by atoms with van der Waals surface area (Å²) in [6.07, 6.45) is 0. The lowest BCUT2D eigenvalue weighted by Gasteiger charge is -2.34. The predicted molar refractivity (Wildman–Crippen MR) is 253 cm³/mol. The van der Waals surface area contributed by atoms with Gasteiger partial charge in [-0.15, -0.1) is 16.4 Å².